The second kappa shape index (κ2) is 7.56. The van der Waals surface area contributed by atoms with Crippen molar-refractivity contribution in [1.82, 2.24) is 9.97 Å². The van der Waals surface area contributed by atoms with E-state index in [1.54, 1.807) is 0 Å². The molecule has 1 unspecified atom stereocenters. The third-order valence-corrected chi connectivity index (χ3v) is 11.7. The molecule has 2 N–H and O–H groups in total. The molecule has 37 heavy (non-hydrogen) atoms. The molecule has 4 aliphatic rings. The van der Waals surface area contributed by atoms with Crippen LogP contribution in [-0.4, -0.2) is 49.3 Å². The average Bonchev–Trinajstić information content (AvgIpc) is 3.54. The van der Waals surface area contributed by atoms with Crippen LogP contribution in [0.4, 0.5) is 31.2 Å². The first-order chi connectivity index (χ1) is 17.2. The molecule has 6 rings (SSSR count). The maximum absolute atomic E-state index is 13.3. The van der Waals surface area contributed by atoms with Gasteiger partial charge in [0.2, 0.25) is 5.95 Å². The van der Waals surface area contributed by atoms with Gasteiger partial charge in [-0.2, -0.15) is 4.98 Å². The van der Waals surface area contributed by atoms with Crippen LogP contribution in [0.1, 0.15) is 62.1 Å². The molecule has 1 spiro atoms. The number of hydrogen-bond acceptors (Lipinski definition) is 6. The molecule has 6 nitrogen and oxygen atoms in total. The second-order valence-electron chi connectivity index (χ2n) is 11.0. The highest BCUT2D eigenvalue weighted by atomic mass is 32.5. The summed E-state index contributed by atoms with van der Waals surface area (Å²) in [5.41, 5.74) is 0.921. The molecule has 204 valence electrons. The highest BCUT2D eigenvalue weighted by Crippen LogP contribution is 3.02. The third kappa shape index (κ3) is 4.50. The summed E-state index contributed by atoms with van der Waals surface area (Å²) in [6.07, 6.45) is 6.25. The highest BCUT2D eigenvalue weighted by molar-refractivity contribution is 8.45. The highest BCUT2D eigenvalue weighted by Gasteiger charge is 2.65. The van der Waals surface area contributed by atoms with Crippen LogP contribution in [-0.2, 0) is 17.2 Å². The van der Waals surface area contributed by atoms with Crippen LogP contribution in [0.2, 0.25) is 0 Å². The van der Waals surface area contributed by atoms with Gasteiger partial charge in [0.25, 0.3) is 0 Å². The van der Waals surface area contributed by atoms with E-state index in [0.717, 1.165) is 49.9 Å². The summed E-state index contributed by atoms with van der Waals surface area (Å²) in [7, 11) is -10.9. The number of anilines is 2. The fraction of sp³-hybridized carbons (Fsp3) is 0.583. The van der Waals surface area contributed by atoms with Gasteiger partial charge in [-0.1, -0.05) is 31.6 Å². The second-order valence-corrected chi connectivity index (χ2v) is 15.2. The maximum Gasteiger partial charge on any atom is 0.310 e. The molecule has 0 amide bonds. The molecule has 1 atom stereocenters. The number of fused-ring (bicyclic) bond motifs is 1. The first-order valence-electron chi connectivity index (χ1n) is 12.5. The number of benzene rings is 1. The molecule has 3 heterocycles. The van der Waals surface area contributed by atoms with E-state index in [1.165, 1.54) is 0 Å². The average molecular weight is 565 g/mol. The molecule has 0 bridgehead atoms. The Kier molecular flexibility index (Phi) is 5.17. The third-order valence-electron chi connectivity index (χ3n) is 8.37. The first kappa shape index (κ1) is 25.3. The van der Waals surface area contributed by atoms with Gasteiger partial charge in [0.15, 0.2) is 0 Å². The van der Waals surface area contributed by atoms with Gasteiger partial charge in [0, 0.05) is 19.5 Å². The van der Waals surface area contributed by atoms with E-state index in [1.807, 2.05) is 4.90 Å². The van der Waals surface area contributed by atoms with Crippen molar-refractivity contribution in [3.63, 3.8) is 0 Å². The van der Waals surface area contributed by atoms with Crippen LogP contribution in [0.5, 0.6) is 0 Å². The van der Waals surface area contributed by atoms with E-state index in [9.17, 15) is 28.7 Å². The van der Waals surface area contributed by atoms with E-state index in [0.29, 0.717) is 66.7 Å². The Morgan fingerprint density at radius 2 is 1.68 bits per heavy atom. The lowest BCUT2D eigenvalue weighted by atomic mass is 9.77. The number of piperidine rings is 1. The van der Waals surface area contributed by atoms with Crippen LogP contribution >= 0.6 is 10.2 Å². The van der Waals surface area contributed by atoms with Gasteiger partial charge in [0.05, 0.1) is 33.4 Å². The SMILES string of the molecule is O=S1c2c(nc(N3CCC(c4ccc(S(F)(F)(F)(F)F)cc4)CC3)nc2NC2(CO)CCC2)CC12CC2. The number of nitrogens with one attached hydrogen (secondary N) is 1. The minimum atomic E-state index is -9.68. The first-order valence-corrected chi connectivity index (χ1v) is 15.6. The standard InChI is InChI=1S/C24H29F5N4O2S2/c25-37(26,27,28,29)18-4-2-16(3-5-18)17-6-12-33(13-7-17)22-30-19-14-24(10-11-24)36(35)20(19)21(31-22)32-23(15-34)8-1-9-23/h2-5,17,34H,1,6-15H2,(H,30,31,32). The molecule has 1 aromatic carbocycles. The van der Waals surface area contributed by atoms with Crippen molar-refractivity contribution in [3.05, 3.63) is 35.5 Å². The van der Waals surface area contributed by atoms with E-state index in [2.05, 4.69) is 5.32 Å². The van der Waals surface area contributed by atoms with Gasteiger partial charge in [0.1, 0.15) is 15.6 Å². The van der Waals surface area contributed by atoms with Gasteiger partial charge in [-0.3, -0.25) is 4.21 Å². The lowest BCUT2D eigenvalue weighted by Gasteiger charge is -2.42. The Bertz CT molecular complexity index is 1270. The van der Waals surface area contributed by atoms with E-state index < -0.39 is 31.5 Å². The van der Waals surface area contributed by atoms with Crippen molar-refractivity contribution >= 4 is 32.8 Å². The quantitative estimate of drug-likeness (QED) is 0.417. The summed E-state index contributed by atoms with van der Waals surface area (Å²) in [4.78, 5) is 10.4. The molecule has 0 radical (unpaired) electrons. The number of aliphatic hydroxyl groups excluding tert-OH is 1. The summed E-state index contributed by atoms with van der Waals surface area (Å²) in [6.45, 7) is 1.06. The summed E-state index contributed by atoms with van der Waals surface area (Å²) in [5, 5.41) is 13.4. The van der Waals surface area contributed by atoms with Crippen molar-refractivity contribution in [3.8, 4) is 0 Å². The number of nitrogens with zero attached hydrogens (tertiary/aromatic N) is 3. The number of halogens is 5. The molecule has 2 aliphatic carbocycles. The predicted molar refractivity (Wildman–Crippen MR) is 133 cm³/mol. The van der Waals surface area contributed by atoms with E-state index >= 15 is 0 Å². The number of hydrogen-bond donors (Lipinski definition) is 2. The molecule has 2 aliphatic heterocycles. The van der Waals surface area contributed by atoms with Crippen molar-refractivity contribution in [1.29, 1.82) is 0 Å². The van der Waals surface area contributed by atoms with Crippen LogP contribution in [0, 0.1) is 0 Å². The normalized spacial score (nSPS) is 26.2. The van der Waals surface area contributed by atoms with Crippen LogP contribution in [0.25, 0.3) is 0 Å². The van der Waals surface area contributed by atoms with Crippen LogP contribution in [0.3, 0.4) is 0 Å². The maximum atomic E-state index is 13.3. The largest absolute Gasteiger partial charge is 0.394 e. The zero-order valence-corrected chi connectivity index (χ0v) is 21.7. The Morgan fingerprint density at radius 3 is 2.19 bits per heavy atom. The van der Waals surface area contributed by atoms with E-state index in [4.69, 9.17) is 9.97 Å². The van der Waals surface area contributed by atoms with Gasteiger partial charge in [-0.25, -0.2) is 4.98 Å². The fourth-order valence-corrected chi connectivity index (χ4v) is 8.13. The zero-order chi connectivity index (χ0) is 26.3. The number of aliphatic hydroxyl groups is 1. The molecule has 1 aromatic heterocycles. The zero-order valence-electron chi connectivity index (χ0n) is 20.1. The van der Waals surface area contributed by atoms with Crippen molar-refractivity contribution in [2.24, 2.45) is 0 Å². The molecule has 2 aromatic rings. The molecule has 13 heteroatoms. The lowest BCUT2D eigenvalue weighted by Crippen LogP contribution is -2.49. The molecular weight excluding hydrogens is 535 g/mol. The summed E-state index contributed by atoms with van der Waals surface area (Å²) >= 11 is 0. The number of aromatic nitrogens is 2. The van der Waals surface area contributed by atoms with Gasteiger partial charge in [-0.05, 0) is 68.6 Å². The van der Waals surface area contributed by atoms with Crippen molar-refractivity contribution in [2.75, 3.05) is 29.9 Å². The van der Waals surface area contributed by atoms with E-state index in [-0.39, 0.29) is 17.3 Å². The smallest absolute Gasteiger partial charge is 0.310 e. The molecule has 2 saturated carbocycles. The van der Waals surface area contributed by atoms with Gasteiger partial charge in [-0.15, -0.1) is 0 Å². The summed E-state index contributed by atoms with van der Waals surface area (Å²) < 4.78 is 78.3. The Balaban J connectivity index is 1.22. The van der Waals surface area contributed by atoms with Crippen molar-refractivity contribution < 1.29 is 28.7 Å². The van der Waals surface area contributed by atoms with Crippen LogP contribution in [0.15, 0.2) is 34.1 Å². The van der Waals surface area contributed by atoms with Gasteiger partial charge < -0.3 is 15.3 Å². The molecule has 3 fully saturated rings. The van der Waals surface area contributed by atoms with Crippen molar-refractivity contribution in [2.45, 2.75) is 77.4 Å². The Labute approximate surface area is 214 Å². The number of rotatable bonds is 6. The minimum absolute atomic E-state index is 0.0366. The summed E-state index contributed by atoms with van der Waals surface area (Å²) in [6, 6.07) is 3.27. The predicted octanol–water partition coefficient (Wildman–Crippen LogP) is 6.04. The fourth-order valence-electron chi connectivity index (χ4n) is 5.70. The summed E-state index contributed by atoms with van der Waals surface area (Å²) in [5.74, 6) is 0.980. The lowest BCUT2D eigenvalue weighted by molar-refractivity contribution is 0.143. The Morgan fingerprint density at radius 1 is 1.03 bits per heavy atom. The van der Waals surface area contributed by atoms with Gasteiger partial charge >= 0.3 is 10.2 Å². The molecular formula is C24H29F5N4O2S2. The molecule has 1 saturated heterocycles. The Hall–Kier alpha value is -1.99. The topological polar surface area (TPSA) is 78.4 Å². The van der Waals surface area contributed by atoms with Crippen LogP contribution < -0.4 is 10.2 Å². The minimum Gasteiger partial charge on any atom is -0.394 e. The monoisotopic (exact) mass is 564 g/mol.